The predicted octanol–water partition coefficient (Wildman–Crippen LogP) is 2.08. The third-order valence-electron chi connectivity index (χ3n) is 6.43. The average molecular weight is 486 g/mol. The molecule has 2 amide bonds. The van der Waals surface area contributed by atoms with Gasteiger partial charge in [-0.15, -0.1) is 0 Å². The number of sulfonamides is 1. The van der Waals surface area contributed by atoms with E-state index in [1.165, 1.54) is 4.31 Å². The number of rotatable bonds is 8. The Kier molecular flexibility index (Phi) is 7.65. The van der Waals surface area contributed by atoms with Crippen molar-refractivity contribution in [2.24, 2.45) is 5.92 Å². The second-order valence-corrected chi connectivity index (χ2v) is 10.6. The highest BCUT2D eigenvalue weighted by atomic mass is 32.2. The molecule has 2 saturated heterocycles. The monoisotopic (exact) mass is 485 g/mol. The summed E-state index contributed by atoms with van der Waals surface area (Å²) in [5, 5.41) is 2.92. The summed E-state index contributed by atoms with van der Waals surface area (Å²) in [6.45, 7) is 4.11. The number of ether oxygens (including phenoxy) is 1. The van der Waals surface area contributed by atoms with Crippen molar-refractivity contribution in [2.75, 3.05) is 37.7 Å². The summed E-state index contributed by atoms with van der Waals surface area (Å²) in [5.74, 6) is -0.821. The van der Waals surface area contributed by atoms with Crippen molar-refractivity contribution in [2.45, 2.75) is 32.1 Å². The van der Waals surface area contributed by atoms with Crippen LogP contribution in [0.25, 0.3) is 0 Å². The number of para-hydroxylation sites is 1. The molecule has 2 fully saturated rings. The zero-order valence-electron chi connectivity index (χ0n) is 19.4. The Hall–Kier alpha value is -2.75. The van der Waals surface area contributed by atoms with Crippen LogP contribution in [0.1, 0.15) is 30.0 Å². The van der Waals surface area contributed by atoms with Crippen LogP contribution in [0.3, 0.4) is 0 Å². The Labute approximate surface area is 200 Å². The highest BCUT2D eigenvalue weighted by Crippen LogP contribution is 2.28. The molecule has 0 bridgehead atoms. The van der Waals surface area contributed by atoms with Crippen LogP contribution < -0.4 is 10.2 Å². The fourth-order valence-corrected chi connectivity index (χ4v) is 6.06. The van der Waals surface area contributed by atoms with Gasteiger partial charge in [0.1, 0.15) is 0 Å². The van der Waals surface area contributed by atoms with E-state index in [9.17, 15) is 18.0 Å². The smallest absolute Gasteiger partial charge is 0.227 e. The standard InChI is InChI=1S/C25H31N3O5S/c1-2-19-7-5-6-10-23(19)28-17-22(15-24(28)29)25(30)26-16-20-8-3-4-9-21(20)18-34(31,32)27-11-13-33-14-12-27/h3-10,22H,2,11-18H2,1H3,(H,26,30). The molecule has 1 unspecified atom stereocenters. The predicted molar refractivity (Wildman–Crippen MR) is 130 cm³/mol. The second-order valence-electron chi connectivity index (χ2n) is 8.64. The van der Waals surface area contributed by atoms with Crippen LogP contribution in [0.15, 0.2) is 48.5 Å². The lowest BCUT2D eigenvalue weighted by Crippen LogP contribution is -2.41. The third-order valence-corrected chi connectivity index (χ3v) is 8.26. The maximum Gasteiger partial charge on any atom is 0.227 e. The maximum atomic E-state index is 12.9. The first-order valence-electron chi connectivity index (χ1n) is 11.7. The van der Waals surface area contributed by atoms with Gasteiger partial charge in [-0.2, -0.15) is 4.31 Å². The van der Waals surface area contributed by atoms with Crippen molar-refractivity contribution in [3.63, 3.8) is 0 Å². The first-order chi connectivity index (χ1) is 16.4. The molecule has 0 aromatic heterocycles. The van der Waals surface area contributed by atoms with Crippen LogP contribution in [-0.4, -0.2) is 57.4 Å². The van der Waals surface area contributed by atoms with Crippen LogP contribution in [0, 0.1) is 5.92 Å². The molecule has 2 aliphatic rings. The number of nitrogens with zero attached hydrogens (tertiary/aromatic N) is 2. The molecule has 0 saturated carbocycles. The number of benzene rings is 2. The van der Waals surface area contributed by atoms with Crippen molar-refractivity contribution >= 4 is 27.5 Å². The molecule has 0 spiro atoms. The second kappa shape index (κ2) is 10.7. The van der Waals surface area contributed by atoms with Crippen molar-refractivity contribution < 1.29 is 22.7 Å². The zero-order valence-corrected chi connectivity index (χ0v) is 20.2. The van der Waals surface area contributed by atoms with Crippen molar-refractivity contribution in [3.8, 4) is 0 Å². The Bertz CT molecular complexity index is 1140. The van der Waals surface area contributed by atoms with Gasteiger partial charge in [0.25, 0.3) is 0 Å². The summed E-state index contributed by atoms with van der Waals surface area (Å²) in [7, 11) is -3.48. The van der Waals surface area contributed by atoms with E-state index < -0.39 is 15.9 Å². The molecule has 8 nitrogen and oxygen atoms in total. The average Bonchev–Trinajstić information content (AvgIpc) is 3.25. The van der Waals surface area contributed by atoms with Gasteiger partial charge in [0.2, 0.25) is 21.8 Å². The molecule has 2 heterocycles. The van der Waals surface area contributed by atoms with Crippen molar-refractivity contribution in [1.29, 1.82) is 0 Å². The lowest BCUT2D eigenvalue weighted by atomic mass is 10.1. The molecule has 2 aromatic rings. The lowest BCUT2D eigenvalue weighted by molar-refractivity contribution is -0.126. The van der Waals surface area contributed by atoms with Gasteiger partial charge in [0.05, 0.1) is 24.9 Å². The van der Waals surface area contributed by atoms with Crippen LogP contribution in [0.2, 0.25) is 0 Å². The molecule has 0 radical (unpaired) electrons. The molecule has 2 aromatic carbocycles. The summed E-state index contributed by atoms with van der Waals surface area (Å²) < 4.78 is 32.4. The molecule has 1 N–H and O–H groups in total. The molecule has 34 heavy (non-hydrogen) atoms. The lowest BCUT2D eigenvalue weighted by Gasteiger charge is -2.26. The first-order valence-corrected chi connectivity index (χ1v) is 13.3. The summed E-state index contributed by atoms with van der Waals surface area (Å²) in [6, 6.07) is 15.0. The summed E-state index contributed by atoms with van der Waals surface area (Å²) in [6.07, 6.45) is 0.970. The molecule has 2 aliphatic heterocycles. The molecule has 9 heteroatoms. The van der Waals surface area contributed by atoms with Gasteiger partial charge in [-0.25, -0.2) is 8.42 Å². The molecular formula is C25H31N3O5S. The van der Waals surface area contributed by atoms with E-state index in [4.69, 9.17) is 4.74 Å². The SMILES string of the molecule is CCc1ccccc1N1CC(C(=O)NCc2ccccc2CS(=O)(=O)N2CCOCC2)CC1=O. The van der Waals surface area contributed by atoms with Crippen molar-refractivity contribution in [1.82, 2.24) is 9.62 Å². The number of amides is 2. The van der Waals surface area contributed by atoms with Gasteiger partial charge in [0, 0.05) is 38.3 Å². The Balaban J connectivity index is 1.39. The van der Waals surface area contributed by atoms with E-state index in [1.807, 2.05) is 43.3 Å². The van der Waals surface area contributed by atoms with Crippen LogP contribution in [0.4, 0.5) is 5.69 Å². The van der Waals surface area contributed by atoms with Crippen LogP contribution in [0.5, 0.6) is 0 Å². The van der Waals surface area contributed by atoms with Gasteiger partial charge in [0.15, 0.2) is 0 Å². The summed E-state index contributed by atoms with van der Waals surface area (Å²) in [5.41, 5.74) is 3.36. The van der Waals surface area contributed by atoms with Gasteiger partial charge in [-0.1, -0.05) is 49.4 Å². The summed E-state index contributed by atoms with van der Waals surface area (Å²) in [4.78, 5) is 27.3. The number of nitrogens with one attached hydrogen (secondary N) is 1. The van der Waals surface area contributed by atoms with E-state index in [0.717, 1.165) is 23.2 Å². The Morgan fingerprint density at radius 1 is 1.03 bits per heavy atom. The van der Waals surface area contributed by atoms with Gasteiger partial charge in [-0.05, 0) is 29.2 Å². The first kappa shape index (κ1) is 24.4. The highest BCUT2D eigenvalue weighted by molar-refractivity contribution is 7.88. The van der Waals surface area contributed by atoms with E-state index >= 15 is 0 Å². The number of anilines is 1. The Morgan fingerprint density at radius 2 is 1.68 bits per heavy atom. The third kappa shape index (κ3) is 5.48. The molecule has 182 valence electrons. The minimum Gasteiger partial charge on any atom is -0.379 e. The largest absolute Gasteiger partial charge is 0.379 e. The van der Waals surface area contributed by atoms with Gasteiger partial charge >= 0.3 is 0 Å². The topological polar surface area (TPSA) is 96.0 Å². The Morgan fingerprint density at radius 3 is 2.38 bits per heavy atom. The molecule has 1 atom stereocenters. The van der Waals surface area contributed by atoms with Crippen LogP contribution >= 0.6 is 0 Å². The number of hydrogen-bond donors (Lipinski definition) is 1. The highest BCUT2D eigenvalue weighted by Gasteiger charge is 2.35. The number of aryl methyl sites for hydroxylation is 1. The number of morpholine rings is 1. The molecule has 0 aliphatic carbocycles. The van der Waals surface area contributed by atoms with Crippen LogP contribution in [-0.2, 0) is 43.1 Å². The molecule has 4 rings (SSSR count). The normalized spacial score (nSPS) is 19.4. The zero-order chi connectivity index (χ0) is 24.1. The van der Waals surface area contributed by atoms with E-state index in [-0.39, 0.29) is 30.5 Å². The fourth-order valence-electron chi connectivity index (χ4n) is 4.50. The van der Waals surface area contributed by atoms with E-state index in [2.05, 4.69) is 5.32 Å². The maximum absolute atomic E-state index is 12.9. The van der Waals surface area contributed by atoms with E-state index in [1.54, 1.807) is 17.0 Å². The minimum atomic E-state index is -3.48. The number of carbonyl (C=O) groups excluding carboxylic acids is 2. The molecular weight excluding hydrogens is 454 g/mol. The number of carbonyl (C=O) groups is 2. The van der Waals surface area contributed by atoms with Crippen molar-refractivity contribution in [3.05, 3.63) is 65.2 Å². The van der Waals surface area contributed by atoms with Gasteiger partial charge < -0.3 is 15.0 Å². The number of hydrogen-bond acceptors (Lipinski definition) is 5. The van der Waals surface area contributed by atoms with E-state index in [0.29, 0.717) is 38.4 Å². The summed E-state index contributed by atoms with van der Waals surface area (Å²) >= 11 is 0. The fraction of sp³-hybridized carbons (Fsp3) is 0.440. The quantitative estimate of drug-likeness (QED) is 0.618. The van der Waals surface area contributed by atoms with Gasteiger partial charge in [-0.3, -0.25) is 9.59 Å². The minimum absolute atomic E-state index is 0.0574.